The molecule has 2 aliphatic carbocycles. The van der Waals surface area contributed by atoms with Crippen LogP contribution in [0.4, 0.5) is 0 Å². The third-order valence-electron chi connectivity index (χ3n) is 4.49. The summed E-state index contributed by atoms with van der Waals surface area (Å²) in [6.45, 7) is 3.68. The number of carboxylic acids is 1. The van der Waals surface area contributed by atoms with Crippen LogP contribution in [0.15, 0.2) is 0 Å². The Morgan fingerprint density at radius 1 is 1.17 bits per heavy atom. The van der Waals surface area contributed by atoms with Crippen molar-refractivity contribution in [3.8, 4) is 0 Å². The number of carboxylic acid groups (broad SMARTS) is 1. The number of nitrogens with two attached hydrogens (primary N) is 1. The Morgan fingerprint density at radius 2 is 1.72 bits per heavy atom. The molecule has 5 nitrogen and oxygen atoms in total. The summed E-state index contributed by atoms with van der Waals surface area (Å²) < 4.78 is 0. The molecule has 0 spiro atoms. The van der Waals surface area contributed by atoms with Gasteiger partial charge in [0.25, 0.3) is 0 Å². The molecule has 0 aromatic rings. The van der Waals surface area contributed by atoms with Gasteiger partial charge in [0, 0.05) is 12.1 Å². The molecule has 2 atom stereocenters. The highest BCUT2D eigenvalue weighted by atomic mass is 16.4. The number of carbonyl (C=O) groups excluding carboxylic acids is 1. The van der Waals surface area contributed by atoms with Crippen molar-refractivity contribution in [1.82, 2.24) is 5.32 Å². The summed E-state index contributed by atoms with van der Waals surface area (Å²) in [5, 5.41) is 12.0. The van der Waals surface area contributed by atoms with Crippen LogP contribution >= 0.6 is 0 Å². The normalized spacial score (nSPS) is 37.9. The van der Waals surface area contributed by atoms with Crippen molar-refractivity contribution in [2.45, 2.75) is 51.6 Å². The minimum absolute atomic E-state index is 0.104. The van der Waals surface area contributed by atoms with Gasteiger partial charge in [0.1, 0.15) is 0 Å². The quantitative estimate of drug-likeness (QED) is 0.692. The van der Waals surface area contributed by atoms with E-state index < -0.39 is 17.3 Å². The van der Waals surface area contributed by atoms with Crippen molar-refractivity contribution < 1.29 is 14.7 Å². The fraction of sp³-hybridized carbons (Fsp3) is 0.846. The molecule has 0 saturated heterocycles. The van der Waals surface area contributed by atoms with E-state index in [1.54, 1.807) is 0 Å². The Balaban J connectivity index is 1.88. The van der Waals surface area contributed by atoms with Gasteiger partial charge in [0.2, 0.25) is 5.91 Å². The number of amides is 1. The van der Waals surface area contributed by atoms with Crippen molar-refractivity contribution >= 4 is 11.9 Å². The average molecular weight is 254 g/mol. The summed E-state index contributed by atoms with van der Waals surface area (Å²) in [6.07, 6.45) is 3.66. The van der Waals surface area contributed by atoms with Crippen LogP contribution in [-0.2, 0) is 9.59 Å². The van der Waals surface area contributed by atoms with Crippen molar-refractivity contribution in [2.75, 3.05) is 0 Å². The molecule has 5 heteroatoms. The van der Waals surface area contributed by atoms with E-state index in [2.05, 4.69) is 5.32 Å². The second-order valence-electron chi connectivity index (χ2n) is 6.24. The average Bonchev–Trinajstić information content (AvgIpc) is 2.85. The highest BCUT2D eigenvalue weighted by Crippen LogP contribution is 2.58. The second kappa shape index (κ2) is 4.53. The van der Waals surface area contributed by atoms with Crippen LogP contribution in [0.1, 0.15) is 39.5 Å². The Hall–Kier alpha value is -1.10. The molecule has 4 N–H and O–H groups in total. The first-order chi connectivity index (χ1) is 8.34. The predicted octanol–water partition coefficient (Wildman–Crippen LogP) is 0.729. The maximum Gasteiger partial charge on any atom is 0.307 e. The van der Waals surface area contributed by atoms with Crippen molar-refractivity contribution in [3.05, 3.63) is 0 Å². The number of rotatable bonds is 3. The topological polar surface area (TPSA) is 92.4 Å². The molecule has 0 aromatic heterocycles. The standard InChI is InChI=1S/C13H22N2O3/c1-13(2)9(10(13)12(17)18)11(16)15-8-5-3-7(14)4-6-8/h7-10H,3-6,14H2,1-2H3,(H,15,16)(H,17,18). The van der Waals surface area contributed by atoms with Crippen LogP contribution < -0.4 is 11.1 Å². The molecule has 102 valence electrons. The number of aliphatic carboxylic acids is 1. The van der Waals surface area contributed by atoms with Crippen molar-refractivity contribution in [1.29, 1.82) is 0 Å². The van der Waals surface area contributed by atoms with Gasteiger partial charge in [-0.15, -0.1) is 0 Å². The van der Waals surface area contributed by atoms with Gasteiger partial charge in [-0.25, -0.2) is 0 Å². The highest BCUT2D eigenvalue weighted by molar-refractivity contribution is 5.91. The molecule has 0 aromatic carbocycles. The number of carbonyl (C=O) groups is 2. The maximum atomic E-state index is 12.1. The molecule has 1 amide bonds. The van der Waals surface area contributed by atoms with E-state index in [0.29, 0.717) is 0 Å². The van der Waals surface area contributed by atoms with Gasteiger partial charge in [0.05, 0.1) is 11.8 Å². The van der Waals surface area contributed by atoms with Crippen LogP contribution in [0.2, 0.25) is 0 Å². The van der Waals surface area contributed by atoms with E-state index in [-0.39, 0.29) is 23.9 Å². The van der Waals surface area contributed by atoms with E-state index in [0.717, 1.165) is 25.7 Å². The molecule has 0 aliphatic heterocycles. The first-order valence-electron chi connectivity index (χ1n) is 6.62. The molecular weight excluding hydrogens is 232 g/mol. The Labute approximate surface area is 107 Å². The number of hydrogen-bond donors (Lipinski definition) is 3. The number of nitrogens with one attached hydrogen (secondary N) is 1. The molecule has 2 unspecified atom stereocenters. The molecule has 2 fully saturated rings. The Morgan fingerprint density at radius 3 is 2.17 bits per heavy atom. The summed E-state index contributed by atoms with van der Waals surface area (Å²) in [5.74, 6) is -1.90. The Bertz CT molecular complexity index is 359. The van der Waals surface area contributed by atoms with E-state index in [1.165, 1.54) is 0 Å². The van der Waals surface area contributed by atoms with Gasteiger partial charge >= 0.3 is 5.97 Å². The third kappa shape index (κ3) is 2.36. The zero-order valence-electron chi connectivity index (χ0n) is 11.0. The first-order valence-corrected chi connectivity index (χ1v) is 6.62. The minimum atomic E-state index is -0.870. The lowest BCUT2D eigenvalue weighted by Gasteiger charge is -2.27. The van der Waals surface area contributed by atoms with E-state index in [4.69, 9.17) is 10.8 Å². The largest absolute Gasteiger partial charge is 0.481 e. The van der Waals surface area contributed by atoms with Crippen LogP contribution in [0.3, 0.4) is 0 Å². The van der Waals surface area contributed by atoms with Gasteiger partial charge in [-0.2, -0.15) is 0 Å². The molecule has 18 heavy (non-hydrogen) atoms. The molecule has 2 rings (SSSR count). The summed E-state index contributed by atoms with van der Waals surface area (Å²) in [7, 11) is 0. The molecule has 0 heterocycles. The lowest BCUT2D eigenvalue weighted by atomic mass is 9.91. The van der Waals surface area contributed by atoms with Crippen LogP contribution in [-0.4, -0.2) is 29.1 Å². The van der Waals surface area contributed by atoms with E-state index >= 15 is 0 Å². The third-order valence-corrected chi connectivity index (χ3v) is 4.49. The van der Waals surface area contributed by atoms with Gasteiger partial charge in [-0.1, -0.05) is 13.8 Å². The van der Waals surface area contributed by atoms with Gasteiger partial charge in [0.15, 0.2) is 0 Å². The summed E-state index contributed by atoms with van der Waals surface area (Å²) >= 11 is 0. The predicted molar refractivity (Wildman–Crippen MR) is 66.8 cm³/mol. The molecule has 2 aliphatic rings. The number of hydrogen-bond acceptors (Lipinski definition) is 3. The summed E-state index contributed by atoms with van der Waals surface area (Å²) in [4.78, 5) is 23.1. The van der Waals surface area contributed by atoms with Crippen LogP contribution in [0.5, 0.6) is 0 Å². The maximum absolute atomic E-state index is 12.1. The lowest BCUT2D eigenvalue weighted by molar-refractivity contribution is -0.140. The summed E-state index contributed by atoms with van der Waals surface area (Å²) in [6, 6.07) is 0.422. The van der Waals surface area contributed by atoms with Crippen LogP contribution in [0.25, 0.3) is 0 Å². The zero-order chi connectivity index (χ0) is 13.5. The molecule has 0 bridgehead atoms. The van der Waals surface area contributed by atoms with Crippen molar-refractivity contribution in [3.63, 3.8) is 0 Å². The fourth-order valence-electron chi connectivity index (χ4n) is 3.14. The van der Waals surface area contributed by atoms with Crippen LogP contribution in [0, 0.1) is 17.3 Å². The molecule has 0 radical (unpaired) electrons. The molecule has 2 saturated carbocycles. The Kier molecular flexibility index (Phi) is 3.36. The fourth-order valence-corrected chi connectivity index (χ4v) is 3.14. The SMILES string of the molecule is CC1(C)C(C(=O)O)C1C(=O)NC1CCC(N)CC1. The highest BCUT2D eigenvalue weighted by Gasteiger charge is 2.65. The summed E-state index contributed by atoms with van der Waals surface area (Å²) in [5.41, 5.74) is 5.40. The van der Waals surface area contributed by atoms with Gasteiger partial charge < -0.3 is 16.2 Å². The first kappa shape index (κ1) is 13.3. The van der Waals surface area contributed by atoms with E-state index in [9.17, 15) is 9.59 Å². The van der Waals surface area contributed by atoms with Crippen molar-refractivity contribution in [2.24, 2.45) is 23.0 Å². The smallest absolute Gasteiger partial charge is 0.307 e. The second-order valence-corrected chi connectivity index (χ2v) is 6.24. The van der Waals surface area contributed by atoms with Gasteiger partial charge in [-0.3, -0.25) is 9.59 Å². The van der Waals surface area contributed by atoms with E-state index in [1.807, 2.05) is 13.8 Å². The molecular formula is C13H22N2O3. The van der Waals surface area contributed by atoms with Gasteiger partial charge in [-0.05, 0) is 31.1 Å². The zero-order valence-corrected chi connectivity index (χ0v) is 11.0. The lowest BCUT2D eigenvalue weighted by Crippen LogP contribution is -2.41. The monoisotopic (exact) mass is 254 g/mol. The minimum Gasteiger partial charge on any atom is -0.481 e.